The van der Waals surface area contributed by atoms with Gasteiger partial charge in [-0.3, -0.25) is 4.79 Å². The topological polar surface area (TPSA) is 46.5 Å². The Morgan fingerprint density at radius 3 is 2.39 bits per heavy atom. The molecule has 0 fully saturated rings. The molecule has 0 bridgehead atoms. The van der Waals surface area contributed by atoms with E-state index in [0.29, 0.717) is 18.9 Å². The maximum atomic E-state index is 10.6. The van der Waals surface area contributed by atoms with Gasteiger partial charge in [0, 0.05) is 6.42 Å². The van der Waals surface area contributed by atoms with E-state index in [2.05, 4.69) is 13.8 Å². The van der Waals surface area contributed by atoms with Crippen molar-refractivity contribution >= 4 is 5.97 Å². The summed E-state index contributed by atoms with van der Waals surface area (Å²) in [6.07, 6.45) is 6.90. The summed E-state index contributed by atoms with van der Waals surface area (Å²) in [5, 5.41) is 8.72. The Balaban J connectivity index is 1.91. The van der Waals surface area contributed by atoms with Crippen molar-refractivity contribution in [2.24, 2.45) is 5.92 Å². The fraction of sp³-hybridized carbons (Fsp3) is 0.550. The van der Waals surface area contributed by atoms with Crippen LogP contribution < -0.4 is 4.74 Å². The lowest BCUT2D eigenvalue weighted by molar-refractivity contribution is -0.136. The molecule has 23 heavy (non-hydrogen) atoms. The quantitative estimate of drug-likeness (QED) is 0.687. The number of carboxylic acids is 1. The maximum absolute atomic E-state index is 10.6. The zero-order valence-electron chi connectivity index (χ0n) is 14.3. The van der Waals surface area contributed by atoms with Crippen LogP contribution >= 0.6 is 0 Å². The first-order valence-corrected chi connectivity index (χ1v) is 8.68. The molecule has 1 N–H and O–H groups in total. The molecule has 1 aromatic rings. The standard InChI is InChI=1S/C20H28O3/c1-15(2)13-17-5-3-4-6-18(17)14-23-19-10-7-16(8-11-19)9-12-20(21)22/h7-8,10-11,15H,3-6,9,12-14H2,1-2H3,(H,21,22). The molecule has 3 heteroatoms. The molecule has 1 aromatic carbocycles. The molecule has 1 aliphatic rings. The molecule has 0 radical (unpaired) electrons. The SMILES string of the molecule is CC(C)CC1=C(COc2ccc(CCC(=O)O)cc2)CCCC1. The van der Waals surface area contributed by atoms with Gasteiger partial charge in [0.15, 0.2) is 0 Å². The van der Waals surface area contributed by atoms with Crippen molar-refractivity contribution in [1.29, 1.82) is 0 Å². The van der Waals surface area contributed by atoms with Gasteiger partial charge in [-0.15, -0.1) is 0 Å². The summed E-state index contributed by atoms with van der Waals surface area (Å²) in [5.41, 5.74) is 4.13. The molecule has 3 nitrogen and oxygen atoms in total. The fourth-order valence-corrected chi connectivity index (χ4v) is 3.12. The summed E-state index contributed by atoms with van der Waals surface area (Å²) >= 11 is 0. The monoisotopic (exact) mass is 316 g/mol. The van der Waals surface area contributed by atoms with E-state index in [1.807, 2.05) is 24.3 Å². The predicted molar refractivity (Wildman–Crippen MR) is 92.8 cm³/mol. The average Bonchev–Trinajstić information content (AvgIpc) is 2.52. The van der Waals surface area contributed by atoms with Crippen molar-refractivity contribution in [2.45, 2.75) is 58.8 Å². The molecule has 1 aliphatic carbocycles. The van der Waals surface area contributed by atoms with Gasteiger partial charge in [-0.05, 0) is 67.7 Å². The van der Waals surface area contributed by atoms with Gasteiger partial charge in [0.25, 0.3) is 0 Å². The zero-order valence-corrected chi connectivity index (χ0v) is 14.3. The number of aliphatic carboxylic acids is 1. The molecule has 0 unspecified atom stereocenters. The third kappa shape index (κ3) is 6.09. The van der Waals surface area contributed by atoms with E-state index < -0.39 is 5.97 Å². The fourth-order valence-electron chi connectivity index (χ4n) is 3.12. The highest BCUT2D eigenvalue weighted by atomic mass is 16.5. The van der Waals surface area contributed by atoms with E-state index in [1.165, 1.54) is 37.7 Å². The molecule has 0 saturated carbocycles. The lowest BCUT2D eigenvalue weighted by Crippen LogP contribution is -2.10. The number of hydrogen-bond donors (Lipinski definition) is 1. The van der Waals surface area contributed by atoms with Gasteiger partial charge in [-0.2, -0.15) is 0 Å². The lowest BCUT2D eigenvalue weighted by atomic mass is 9.87. The minimum Gasteiger partial charge on any atom is -0.489 e. The Bertz CT molecular complexity index is 541. The molecule has 0 aliphatic heterocycles. The van der Waals surface area contributed by atoms with E-state index in [-0.39, 0.29) is 6.42 Å². The van der Waals surface area contributed by atoms with Crippen LogP contribution in [0, 0.1) is 5.92 Å². The van der Waals surface area contributed by atoms with Crippen molar-refractivity contribution in [3.8, 4) is 5.75 Å². The number of allylic oxidation sites excluding steroid dienone is 1. The van der Waals surface area contributed by atoms with Crippen LogP contribution in [0.2, 0.25) is 0 Å². The first-order valence-electron chi connectivity index (χ1n) is 8.68. The highest BCUT2D eigenvalue weighted by Gasteiger charge is 2.14. The highest BCUT2D eigenvalue weighted by Crippen LogP contribution is 2.29. The van der Waals surface area contributed by atoms with Gasteiger partial charge >= 0.3 is 5.97 Å². The van der Waals surface area contributed by atoms with E-state index in [4.69, 9.17) is 9.84 Å². The number of hydrogen-bond acceptors (Lipinski definition) is 2. The molecule has 126 valence electrons. The van der Waals surface area contributed by atoms with Crippen molar-refractivity contribution in [1.82, 2.24) is 0 Å². The second kappa shape index (κ2) is 8.76. The number of carbonyl (C=O) groups is 1. The van der Waals surface area contributed by atoms with E-state index in [9.17, 15) is 4.79 Å². The maximum Gasteiger partial charge on any atom is 0.303 e. The minimum absolute atomic E-state index is 0.172. The molecule has 0 heterocycles. The van der Waals surface area contributed by atoms with Gasteiger partial charge in [0.1, 0.15) is 12.4 Å². The number of carboxylic acid groups (broad SMARTS) is 1. The minimum atomic E-state index is -0.757. The highest BCUT2D eigenvalue weighted by molar-refractivity contribution is 5.67. The summed E-state index contributed by atoms with van der Waals surface area (Å²) in [6, 6.07) is 7.82. The van der Waals surface area contributed by atoms with Crippen molar-refractivity contribution < 1.29 is 14.6 Å². The van der Waals surface area contributed by atoms with Gasteiger partial charge in [-0.25, -0.2) is 0 Å². The van der Waals surface area contributed by atoms with Crippen molar-refractivity contribution in [3.05, 3.63) is 41.0 Å². The lowest BCUT2D eigenvalue weighted by Gasteiger charge is -2.22. The Kier molecular flexibility index (Phi) is 6.69. The van der Waals surface area contributed by atoms with Gasteiger partial charge in [-0.1, -0.05) is 31.6 Å². The van der Waals surface area contributed by atoms with Crippen LogP contribution in [0.1, 0.15) is 57.9 Å². The van der Waals surface area contributed by atoms with Gasteiger partial charge in [0.05, 0.1) is 0 Å². The summed E-state index contributed by atoms with van der Waals surface area (Å²) < 4.78 is 5.96. The third-order valence-corrected chi connectivity index (χ3v) is 4.33. The molecule has 0 spiro atoms. The molecular weight excluding hydrogens is 288 g/mol. The Hall–Kier alpha value is -1.77. The first-order chi connectivity index (χ1) is 11.0. The number of aryl methyl sites for hydroxylation is 1. The van der Waals surface area contributed by atoms with Crippen LogP contribution in [-0.4, -0.2) is 17.7 Å². The molecule has 0 atom stereocenters. The number of rotatable bonds is 8. The van der Waals surface area contributed by atoms with Crippen LogP contribution in [0.25, 0.3) is 0 Å². The van der Waals surface area contributed by atoms with E-state index >= 15 is 0 Å². The Morgan fingerprint density at radius 1 is 1.13 bits per heavy atom. The van der Waals surface area contributed by atoms with Crippen LogP contribution in [0.5, 0.6) is 5.75 Å². The normalized spacial score (nSPS) is 15.1. The van der Waals surface area contributed by atoms with Gasteiger partial charge < -0.3 is 9.84 Å². The van der Waals surface area contributed by atoms with Crippen LogP contribution in [0.15, 0.2) is 35.4 Å². The molecular formula is C20H28O3. The first kappa shape index (κ1) is 17.6. The van der Waals surface area contributed by atoms with Crippen LogP contribution in [0.3, 0.4) is 0 Å². The average molecular weight is 316 g/mol. The second-order valence-corrected chi connectivity index (χ2v) is 6.84. The molecule has 0 amide bonds. The summed E-state index contributed by atoms with van der Waals surface area (Å²) in [5.74, 6) is 0.810. The van der Waals surface area contributed by atoms with E-state index in [1.54, 1.807) is 5.57 Å². The second-order valence-electron chi connectivity index (χ2n) is 6.84. The Morgan fingerprint density at radius 2 is 1.78 bits per heavy atom. The van der Waals surface area contributed by atoms with Crippen molar-refractivity contribution in [2.75, 3.05) is 6.61 Å². The zero-order chi connectivity index (χ0) is 16.7. The van der Waals surface area contributed by atoms with Crippen LogP contribution in [0.4, 0.5) is 0 Å². The summed E-state index contributed by atoms with van der Waals surface area (Å²) in [4.78, 5) is 10.6. The summed E-state index contributed by atoms with van der Waals surface area (Å²) in [7, 11) is 0. The van der Waals surface area contributed by atoms with Crippen LogP contribution in [-0.2, 0) is 11.2 Å². The predicted octanol–water partition coefficient (Wildman–Crippen LogP) is 5.00. The number of ether oxygens (including phenoxy) is 1. The third-order valence-electron chi connectivity index (χ3n) is 4.33. The molecule has 0 saturated heterocycles. The largest absolute Gasteiger partial charge is 0.489 e. The Labute approximate surface area is 139 Å². The summed E-state index contributed by atoms with van der Waals surface area (Å²) in [6.45, 7) is 5.24. The van der Waals surface area contributed by atoms with Crippen molar-refractivity contribution in [3.63, 3.8) is 0 Å². The van der Waals surface area contributed by atoms with E-state index in [0.717, 1.165) is 11.3 Å². The smallest absolute Gasteiger partial charge is 0.303 e. The number of benzene rings is 1. The molecule has 0 aromatic heterocycles. The molecule has 2 rings (SSSR count). The van der Waals surface area contributed by atoms with Gasteiger partial charge in [0.2, 0.25) is 0 Å².